The summed E-state index contributed by atoms with van der Waals surface area (Å²) in [6.07, 6.45) is 0. The highest BCUT2D eigenvalue weighted by molar-refractivity contribution is 6.05. The summed E-state index contributed by atoms with van der Waals surface area (Å²) in [6, 6.07) is 11.3. The first-order valence-electron chi connectivity index (χ1n) is 6.22. The van der Waals surface area contributed by atoms with Crippen molar-refractivity contribution in [2.24, 2.45) is 5.73 Å². The average molecular weight is 306 g/mol. The third-order valence-corrected chi connectivity index (χ3v) is 2.77. The second kappa shape index (κ2) is 6.66. The summed E-state index contributed by atoms with van der Waals surface area (Å²) in [6.45, 7) is -2.90. The quantitative estimate of drug-likeness (QED) is 0.891. The van der Waals surface area contributed by atoms with Gasteiger partial charge in [0, 0.05) is 16.8 Å². The van der Waals surface area contributed by atoms with E-state index in [2.05, 4.69) is 10.1 Å². The van der Waals surface area contributed by atoms with Gasteiger partial charge >= 0.3 is 6.61 Å². The molecule has 2 aromatic carbocycles. The maximum Gasteiger partial charge on any atom is 0.387 e. The van der Waals surface area contributed by atoms with Crippen LogP contribution >= 0.6 is 0 Å². The summed E-state index contributed by atoms with van der Waals surface area (Å²) in [7, 11) is 0. The van der Waals surface area contributed by atoms with Crippen LogP contribution in [0.5, 0.6) is 5.75 Å². The minimum Gasteiger partial charge on any atom is -0.435 e. The standard InChI is InChI=1S/C15H12F2N2O3/c16-15(17)22-12-7-5-11(6-8-12)19-14(21)10-3-1-9(2-4-10)13(18)20/h1-8,15H,(H2,18,20)(H,19,21). The van der Waals surface area contributed by atoms with Gasteiger partial charge in [0.15, 0.2) is 0 Å². The van der Waals surface area contributed by atoms with E-state index >= 15 is 0 Å². The molecule has 5 nitrogen and oxygen atoms in total. The zero-order valence-electron chi connectivity index (χ0n) is 11.3. The van der Waals surface area contributed by atoms with E-state index in [0.29, 0.717) is 16.8 Å². The van der Waals surface area contributed by atoms with Crippen molar-refractivity contribution in [3.05, 3.63) is 59.7 Å². The molecule has 0 aromatic heterocycles. The number of nitrogens with one attached hydrogen (secondary N) is 1. The Morgan fingerprint density at radius 2 is 1.50 bits per heavy atom. The molecule has 0 bridgehead atoms. The van der Waals surface area contributed by atoms with E-state index in [4.69, 9.17) is 5.73 Å². The fourth-order valence-electron chi connectivity index (χ4n) is 1.71. The Balaban J connectivity index is 2.03. The molecule has 0 fully saturated rings. The molecule has 0 spiro atoms. The molecule has 0 aliphatic carbocycles. The van der Waals surface area contributed by atoms with E-state index in [0.717, 1.165) is 0 Å². The second-order valence-electron chi connectivity index (χ2n) is 4.30. The number of carbonyl (C=O) groups is 2. The van der Waals surface area contributed by atoms with Crippen molar-refractivity contribution in [3.8, 4) is 5.75 Å². The largest absolute Gasteiger partial charge is 0.435 e. The van der Waals surface area contributed by atoms with E-state index in [1.54, 1.807) is 0 Å². The number of alkyl halides is 2. The first kappa shape index (κ1) is 15.4. The number of hydrogen-bond donors (Lipinski definition) is 2. The summed E-state index contributed by atoms with van der Waals surface area (Å²) in [5, 5.41) is 2.59. The number of ether oxygens (including phenoxy) is 1. The maximum absolute atomic E-state index is 12.0. The fraction of sp³-hybridized carbons (Fsp3) is 0.0667. The third-order valence-electron chi connectivity index (χ3n) is 2.77. The lowest BCUT2D eigenvalue weighted by atomic mass is 10.1. The second-order valence-corrected chi connectivity index (χ2v) is 4.30. The zero-order chi connectivity index (χ0) is 16.1. The van der Waals surface area contributed by atoms with Gasteiger partial charge in [-0.25, -0.2) is 0 Å². The molecule has 2 rings (SSSR count). The molecule has 2 amide bonds. The van der Waals surface area contributed by atoms with Crippen molar-refractivity contribution in [1.29, 1.82) is 0 Å². The molecule has 2 aromatic rings. The molecule has 0 atom stereocenters. The van der Waals surface area contributed by atoms with Gasteiger partial charge in [-0.3, -0.25) is 9.59 Å². The zero-order valence-corrected chi connectivity index (χ0v) is 11.3. The van der Waals surface area contributed by atoms with Crippen LogP contribution in [0.25, 0.3) is 0 Å². The van der Waals surface area contributed by atoms with Crippen molar-refractivity contribution in [1.82, 2.24) is 0 Å². The van der Waals surface area contributed by atoms with Gasteiger partial charge in [-0.05, 0) is 48.5 Å². The minimum atomic E-state index is -2.90. The van der Waals surface area contributed by atoms with Crippen LogP contribution in [0.15, 0.2) is 48.5 Å². The number of hydrogen-bond acceptors (Lipinski definition) is 3. The predicted octanol–water partition coefficient (Wildman–Crippen LogP) is 2.64. The number of primary amides is 1. The SMILES string of the molecule is NC(=O)c1ccc(C(=O)Nc2ccc(OC(F)F)cc2)cc1. The maximum atomic E-state index is 12.0. The van der Waals surface area contributed by atoms with E-state index in [1.807, 2.05) is 0 Å². The molecule has 0 saturated heterocycles. The van der Waals surface area contributed by atoms with E-state index in [-0.39, 0.29) is 5.75 Å². The Morgan fingerprint density at radius 1 is 0.955 bits per heavy atom. The molecule has 0 aliphatic rings. The highest BCUT2D eigenvalue weighted by atomic mass is 19.3. The van der Waals surface area contributed by atoms with Crippen LogP contribution in [0.2, 0.25) is 0 Å². The number of amides is 2. The lowest BCUT2D eigenvalue weighted by Crippen LogP contribution is -2.14. The van der Waals surface area contributed by atoms with E-state index < -0.39 is 18.4 Å². The van der Waals surface area contributed by atoms with Crippen LogP contribution in [-0.2, 0) is 0 Å². The molecule has 7 heteroatoms. The minimum absolute atomic E-state index is 0.00110. The van der Waals surface area contributed by atoms with Gasteiger partial charge < -0.3 is 15.8 Å². The van der Waals surface area contributed by atoms with Gasteiger partial charge in [-0.2, -0.15) is 8.78 Å². The molecule has 22 heavy (non-hydrogen) atoms. The molecule has 0 radical (unpaired) electrons. The summed E-state index contributed by atoms with van der Waals surface area (Å²) in [4.78, 5) is 22.9. The van der Waals surface area contributed by atoms with Crippen molar-refractivity contribution in [2.45, 2.75) is 6.61 Å². The number of benzene rings is 2. The van der Waals surface area contributed by atoms with E-state index in [1.165, 1.54) is 48.5 Å². The Hall–Kier alpha value is -2.96. The number of rotatable bonds is 5. The van der Waals surface area contributed by atoms with Crippen LogP contribution in [0.1, 0.15) is 20.7 Å². The lowest BCUT2D eigenvalue weighted by Gasteiger charge is -2.08. The number of carbonyl (C=O) groups excluding carboxylic acids is 2. The van der Waals surface area contributed by atoms with E-state index in [9.17, 15) is 18.4 Å². The molecule has 0 unspecified atom stereocenters. The van der Waals surface area contributed by atoms with Crippen molar-refractivity contribution in [3.63, 3.8) is 0 Å². The number of nitrogens with two attached hydrogens (primary N) is 1. The summed E-state index contributed by atoms with van der Waals surface area (Å²) in [5.41, 5.74) is 6.16. The molecule has 114 valence electrons. The van der Waals surface area contributed by atoms with Gasteiger partial charge in [0.25, 0.3) is 5.91 Å². The van der Waals surface area contributed by atoms with Crippen molar-refractivity contribution in [2.75, 3.05) is 5.32 Å². The molecule has 0 aliphatic heterocycles. The average Bonchev–Trinajstić information content (AvgIpc) is 2.49. The normalized spacial score (nSPS) is 10.3. The fourth-order valence-corrected chi connectivity index (χ4v) is 1.71. The summed E-state index contributed by atoms with van der Waals surface area (Å²) in [5.74, 6) is -0.987. The predicted molar refractivity (Wildman–Crippen MR) is 76.0 cm³/mol. The van der Waals surface area contributed by atoms with Gasteiger partial charge in [-0.1, -0.05) is 0 Å². The third kappa shape index (κ3) is 4.02. The van der Waals surface area contributed by atoms with Crippen molar-refractivity contribution < 1.29 is 23.1 Å². The summed E-state index contributed by atoms with van der Waals surface area (Å²) < 4.78 is 28.2. The number of anilines is 1. The van der Waals surface area contributed by atoms with Gasteiger partial charge in [0.05, 0.1) is 0 Å². The monoisotopic (exact) mass is 306 g/mol. The Morgan fingerprint density at radius 3 is 2.00 bits per heavy atom. The molecule has 0 heterocycles. The van der Waals surface area contributed by atoms with Gasteiger partial charge in [0.1, 0.15) is 5.75 Å². The molecule has 0 saturated carbocycles. The van der Waals surface area contributed by atoms with Crippen molar-refractivity contribution >= 4 is 17.5 Å². The van der Waals surface area contributed by atoms with Crippen LogP contribution < -0.4 is 15.8 Å². The molecular weight excluding hydrogens is 294 g/mol. The topological polar surface area (TPSA) is 81.4 Å². The van der Waals surface area contributed by atoms with Crippen LogP contribution in [0, 0.1) is 0 Å². The molecular formula is C15H12F2N2O3. The Labute approximate surface area is 124 Å². The smallest absolute Gasteiger partial charge is 0.387 e. The van der Waals surface area contributed by atoms with Crippen LogP contribution in [0.4, 0.5) is 14.5 Å². The first-order valence-corrected chi connectivity index (χ1v) is 6.22. The Bertz CT molecular complexity index is 670. The highest BCUT2D eigenvalue weighted by Gasteiger charge is 2.08. The van der Waals surface area contributed by atoms with Gasteiger partial charge in [0.2, 0.25) is 5.91 Å². The van der Waals surface area contributed by atoms with Gasteiger partial charge in [-0.15, -0.1) is 0 Å². The first-order chi connectivity index (χ1) is 10.5. The highest BCUT2D eigenvalue weighted by Crippen LogP contribution is 2.18. The molecule has 3 N–H and O–H groups in total. The Kier molecular flexibility index (Phi) is 4.67. The summed E-state index contributed by atoms with van der Waals surface area (Å²) >= 11 is 0. The van der Waals surface area contributed by atoms with Crippen LogP contribution in [-0.4, -0.2) is 18.4 Å². The van der Waals surface area contributed by atoms with Crippen LogP contribution in [0.3, 0.4) is 0 Å². The lowest BCUT2D eigenvalue weighted by molar-refractivity contribution is -0.0498. The number of halogens is 2.